The van der Waals surface area contributed by atoms with Crippen LogP contribution in [0, 0.1) is 11.3 Å². The highest BCUT2D eigenvalue weighted by molar-refractivity contribution is 5.85. The Morgan fingerprint density at radius 1 is 1.06 bits per heavy atom. The van der Waals surface area contributed by atoms with Gasteiger partial charge in [0.2, 0.25) is 0 Å². The number of ether oxygens (including phenoxy) is 3. The third-order valence-corrected chi connectivity index (χ3v) is 6.05. The summed E-state index contributed by atoms with van der Waals surface area (Å²) < 4.78 is 17.1. The standard InChI is InChI=1S/C29H29N3O4/c1-4-35-27-14-13-20(15-28(27)34-3)23(24-18-31-25-11-7-6-10-22(24)25)17-32-29(33)19(2)36-26-12-8-5-9-21(26)16-30/h5-15,18-19,23,31H,4,17H2,1-3H3,(H,32,33). The van der Waals surface area contributed by atoms with Gasteiger partial charge >= 0.3 is 0 Å². The average Bonchev–Trinajstić information content (AvgIpc) is 3.33. The number of benzene rings is 3. The van der Waals surface area contributed by atoms with Crippen molar-refractivity contribution < 1.29 is 19.0 Å². The van der Waals surface area contributed by atoms with Crippen LogP contribution in [-0.4, -0.2) is 37.3 Å². The van der Waals surface area contributed by atoms with E-state index in [-0.39, 0.29) is 11.8 Å². The number of rotatable bonds is 10. The molecule has 0 aliphatic heterocycles. The van der Waals surface area contributed by atoms with E-state index >= 15 is 0 Å². The first-order valence-corrected chi connectivity index (χ1v) is 11.9. The Balaban J connectivity index is 1.60. The molecule has 0 aliphatic rings. The molecule has 4 rings (SSSR count). The Labute approximate surface area is 210 Å². The van der Waals surface area contributed by atoms with Crippen LogP contribution in [0.1, 0.15) is 36.5 Å². The molecule has 0 saturated carbocycles. The Hall–Kier alpha value is -4.44. The highest BCUT2D eigenvalue weighted by Crippen LogP contribution is 2.36. The third kappa shape index (κ3) is 5.28. The highest BCUT2D eigenvalue weighted by Gasteiger charge is 2.23. The van der Waals surface area contributed by atoms with Crippen LogP contribution in [-0.2, 0) is 4.79 Å². The van der Waals surface area contributed by atoms with Gasteiger partial charge < -0.3 is 24.5 Å². The molecule has 1 heterocycles. The maximum atomic E-state index is 13.0. The van der Waals surface area contributed by atoms with Crippen molar-refractivity contribution in [2.75, 3.05) is 20.3 Å². The molecule has 2 unspecified atom stereocenters. The van der Waals surface area contributed by atoms with Crippen LogP contribution in [0.2, 0.25) is 0 Å². The lowest BCUT2D eigenvalue weighted by Gasteiger charge is -2.21. The van der Waals surface area contributed by atoms with E-state index in [9.17, 15) is 10.1 Å². The van der Waals surface area contributed by atoms with Gasteiger partial charge in [0.05, 0.1) is 19.3 Å². The van der Waals surface area contributed by atoms with Crippen LogP contribution < -0.4 is 19.5 Å². The molecule has 2 atom stereocenters. The van der Waals surface area contributed by atoms with E-state index in [0.29, 0.717) is 36.0 Å². The van der Waals surface area contributed by atoms with Gasteiger partial charge in [-0.15, -0.1) is 0 Å². The molecule has 7 heteroatoms. The first-order chi connectivity index (χ1) is 17.5. The highest BCUT2D eigenvalue weighted by atomic mass is 16.5. The maximum Gasteiger partial charge on any atom is 0.260 e. The van der Waals surface area contributed by atoms with E-state index in [0.717, 1.165) is 22.0 Å². The van der Waals surface area contributed by atoms with Gasteiger partial charge in [-0.25, -0.2) is 0 Å². The number of carbonyl (C=O) groups excluding carboxylic acids is 1. The number of aromatic nitrogens is 1. The average molecular weight is 484 g/mol. The molecular formula is C29H29N3O4. The Morgan fingerprint density at radius 2 is 1.83 bits per heavy atom. The first-order valence-electron chi connectivity index (χ1n) is 11.9. The van der Waals surface area contributed by atoms with E-state index in [1.807, 2.05) is 49.5 Å². The van der Waals surface area contributed by atoms with Crippen molar-refractivity contribution in [3.63, 3.8) is 0 Å². The molecule has 2 N–H and O–H groups in total. The van der Waals surface area contributed by atoms with E-state index in [2.05, 4.69) is 22.4 Å². The molecule has 0 saturated heterocycles. The number of fused-ring (bicyclic) bond motifs is 1. The summed E-state index contributed by atoms with van der Waals surface area (Å²) in [6.45, 7) is 4.47. The molecule has 184 valence electrons. The number of carbonyl (C=O) groups is 1. The van der Waals surface area contributed by atoms with Crippen LogP contribution in [0.4, 0.5) is 0 Å². The number of aromatic amines is 1. The number of H-pyrrole nitrogens is 1. The van der Waals surface area contributed by atoms with Crippen molar-refractivity contribution in [1.29, 1.82) is 5.26 Å². The number of nitrogens with zero attached hydrogens (tertiary/aromatic N) is 1. The lowest BCUT2D eigenvalue weighted by molar-refractivity contribution is -0.127. The van der Waals surface area contributed by atoms with Crippen LogP contribution in [0.5, 0.6) is 17.2 Å². The fourth-order valence-corrected chi connectivity index (χ4v) is 4.22. The van der Waals surface area contributed by atoms with Crippen molar-refractivity contribution in [1.82, 2.24) is 10.3 Å². The largest absolute Gasteiger partial charge is 0.493 e. The zero-order chi connectivity index (χ0) is 25.5. The Bertz CT molecular complexity index is 1390. The van der Waals surface area contributed by atoms with Gasteiger partial charge in [0.1, 0.15) is 11.8 Å². The summed E-state index contributed by atoms with van der Waals surface area (Å²) in [6.07, 6.45) is 1.20. The Morgan fingerprint density at radius 3 is 2.61 bits per heavy atom. The first kappa shape index (κ1) is 24.7. The number of hydrogen-bond acceptors (Lipinski definition) is 5. The van der Waals surface area contributed by atoms with Crippen LogP contribution in [0.25, 0.3) is 10.9 Å². The normalized spacial score (nSPS) is 12.4. The molecule has 1 aromatic heterocycles. The number of para-hydroxylation sites is 2. The molecule has 36 heavy (non-hydrogen) atoms. The molecule has 3 aromatic carbocycles. The van der Waals surface area contributed by atoms with Gasteiger partial charge in [-0.1, -0.05) is 36.4 Å². The summed E-state index contributed by atoms with van der Waals surface area (Å²) >= 11 is 0. The van der Waals surface area contributed by atoms with Gasteiger partial charge in [-0.2, -0.15) is 5.26 Å². The second-order valence-corrected chi connectivity index (χ2v) is 8.30. The number of hydrogen-bond donors (Lipinski definition) is 2. The summed E-state index contributed by atoms with van der Waals surface area (Å²) in [5, 5.41) is 13.4. The van der Waals surface area contributed by atoms with Crippen molar-refractivity contribution in [2.24, 2.45) is 0 Å². The maximum absolute atomic E-state index is 13.0. The summed E-state index contributed by atoms with van der Waals surface area (Å²) in [5.41, 5.74) is 3.44. The van der Waals surface area contributed by atoms with Crippen LogP contribution >= 0.6 is 0 Å². The third-order valence-electron chi connectivity index (χ3n) is 6.05. The second-order valence-electron chi connectivity index (χ2n) is 8.30. The fourth-order valence-electron chi connectivity index (χ4n) is 4.22. The lowest BCUT2D eigenvalue weighted by atomic mass is 9.90. The van der Waals surface area contributed by atoms with Gasteiger partial charge in [0.25, 0.3) is 5.91 Å². The minimum Gasteiger partial charge on any atom is -0.493 e. The number of methoxy groups -OCH3 is 1. The van der Waals surface area contributed by atoms with Crippen LogP contribution in [0.15, 0.2) is 72.9 Å². The molecule has 0 bridgehead atoms. The molecule has 4 aromatic rings. The van der Waals surface area contributed by atoms with Crippen LogP contribution in [0.3, 0.4) is 0 Å². The fraction of sp³-hybridized carbons (Fsp3) is 0.241. The van der Waals surface area contributed by atoms with Gasteiger partial charge in [-0.3, -0.25) is 4.79 Å². The number of amides is 1. The summed E-state index contributed by atoms with van der Waals surface area (Å²) in [5.74, 6) is 1.25. The van der Waals surface area contributed by atoms with E-state index in [4.69, 9.17) is 14.2 Å². The molecule has 0 fully saturated rings. The van der Waals surface area contributed by atoms with E-state index in [1.54, 1.807) is 38.3 Å². The van der Waals surface area contributed by atoms with Crippen molar-refractivity contribution >= 4 is 16.8 Å². The molecule has 1 amide bonds. The van der Waals surface area contributed by atoms with Gasteiger partial charge in [0.15, 0.2) is 17.6 Å². The number of nitriles is 1. The van der Waals surface area contributed by atoms with E-state index < -0.39 is 6.10 Å². The predicted octanol–water partition coefficient (Wildman–Crippen LogP) is 5.16. The Kier molecular flexibility index (Phi) is 7.76. The molecule has 0 spiro atoms. The van der Waals surface area contributed by atoms with Gasteiger partial charge in [-0.05, 0) is 55.3 Å². The topological polar surface area (TPSA) is 96.4 Å². The zero-order valence-corrected chi connectivity index (χ0v) is 20.6. The summed E-state index contributed by atoms with van der Waals surface area (Å²) in [6, 6.07) is 22.9. The minimum atomic E-state index is -0.780. The molecular weight excluding hydrogens is 454 g/mol. The van der Waals surface area contributed by atoms with Crippen molar-refractivity contribution in [3.8, 4) is 23.3 Å². The minimum absolute atomic E-state index is 0.159. The smallest absolute Gasteiger partial charge is 0.260 e. The quantitative estimate of drug-likeness (QED) is 0.325. The molecule has 7 nitrogen and oxygen atoms in total. The molecule has 0 radical (unpaired) electrons. The van der Waals surface area contributed by atoms with Crippen molar-refractivity contribution in [2.45, 2.75) is 25.9 Å². The summed E-state index contributed by atoms with van der Waals surface area (Å²) in [4.78, 5) is 16.3. The molecule has 0 aliphatic carbocycles. The predicted molar refractivity (Wildman–Crippen MR) is 139 cm³/mol. The second kappa shape index (κ2) is 11.3. The van der Waals surface area contributed by atoms with E-state index in [1.165, 1.54) is 0 Å². The monoisotopic (exact) mass is 483 g/mol. The zero-order valence-electron chi connectivity index (χ0n) is 20.6. The number of nitrogens with one attached hydrogen (secondary N) is 2. The SMILES string of the molecule is CCOc1ccc(C(CNC(=O)C(C)Oc2ccccc2C#N)c2c[nH]c3ccccc23)cc1OC. The summed E-state index contributed by atoms with van der Waals surface area (Å²) in [7, 11) is 1.61. The van der Waals surface area contributed by atoms with Crippen molar-refractivity contribution in [3.05, 3.63) is 89.6 Å². The van der Waals surface area contributed by atoms with Gasteiger partial charge in [0, 0.05) is 29.6 Å². The lowest BCUT2D eigenvalue weighted by Crippen LogP contribution is -2.38.